The molecule has 140 valence electrons. The molecule has 0 aromatic rings. The van der Waals surface area contributed by atoms with Crippen molar-refractivity contribution >= 4 is 11.8 Å². The molecule has 3 heteroatoms. The number of fused-ring (bicyclic) bond motifs is 5. The number of carbonyl (C=O) groups excluding carboxylic acids is 2. The number of hydrogen-bond donors (Lipinski definition) is 0. The molecule has 0 saturated heterocycles. The van der Waals surface area contributed by atoms with Crippen molar-refractivity contribution in [1.29, 1.82) is 0 Å². The summed E-state index contributed by atoms with van der Waals surface area (Å²) in [4.78, 5) is 23.6. The number of esters is 1. The van der Waals surface area contributed by atoms with Crippen LogP contribution in [-0.4, -0.2) is 17.9 Å². The Morgan fingerprint density at radius 1 is 1.08 bits per heavy atom. The van der Waals surface area contributed by atoms with Crippen LogP contribution in [0.2, 0.25) is 0 Å². The first-order chi connectivity index (χ1) is 11.8. The molecule has 0 spiro atoms. The average molecular weight is 347 g/mol. The number of ketones is 1. The van der Waals surface area contributed by atoms with Crippen LogP contribution in [0.4, 0.5) is 0 Å². The van der Waals surface area contributed by atoms with Gasteiger partial charge in [0.05, 0.1) is 0 Å². The monoisotopic (exact) mass is 346 g/mol. The van der Waals surface area contributed by atoms with Gasteiger partial charge in [-0.3, -0.25) is 9.59 Å². The van der Waals surface area contributed by atoms with Crippen LogP contribution < -0.4 is 0 Å². The lowest BCUT2D eigenvalue weighted by molar-refractivity contribution is -0.167. The average Bonchev–Trinajstić information content (AvgIpc) is 2.85. The summed E-state index contributed by atoms with van der Waals surface area (Å²) in [7, 11) is 0. The molecule has 0 aromatic carbocycles. The van der Waals surface area contributed by atoms with Crippen molar-refractivity contribution in [1.82, 2.24) is 0 Å². The van der Waals surface area contributed by atoms with Gasteiger partial charge in [0.25, 0.3) is 0 Å². The van der Waals surface area contributed by atoms with Crippen molar-refractivity contribution in [3.63, 3.8) is 0 Å². The molecule has 3 nitrogen and oxygen atoms in total. The predicted molar refractivity (Wildman–Crippen MR) is 96.8 cm³/mol. The Bertz CT molecular complexity index is 584. The van der Waals surface area contributed by atoms with Gasteiger partial charge >= 0.3 is 5.97 Å². The molecule has 0 bridgehead atoms. The van der Waals surface area contributed by atoms with E-state index >= 15 is 0 Å². The fourth-order valence-corrected chi connectivity index (χ4v) is 7.77. The molecule has 4 fully saturated rings. The smallest absolute Gasteiger partial charge is 0.302 e. The van der Waals surface area contributed by atoms with E-state index in [0.29, 0.717) is 29.0 Å². The van der Waals surface area contributed by atoms with Gasteiger partial charge in [-0.05, 0) is 73.5 Å². The summed E-state index contributed by atoms with van der Waals surface area (Å²) < 4.78 is 5.76. The van der Waals surface area contributed by atoms with Crippen LogP contribution in [0.15, 0.2) is 0 Å². The predicted octanol–water partition coefficient (Wildman–Crippen LogP) is 4.78. The molecule has 4 aliphatic rings. The topological polar surface area (TPSA) is 43.4 Å². The maximum Gasteiger partial charge on any atom is 0.302 e. The number of Topliss-reactive ketones (excluding diaryl/α,β-unsaturated/α-hetero) is 1. The Hall–Kier alpha value is -0.860. The molecule has 25 heavy (non-hydrogen) atoms. The summed E-state index contributed by atoms with van der Waals surface area (Å²) in [6, 6.07) is 0. The van der Waals surface area contributed by atoms with Crippen LogP contribution >= 0.6 is 0 Å². The largest absolute Gasteiger partial charge is 0.462 e. The van der Waals surface area contributed by atoms with Gasteiger partial charge in [0.15, 0.2) is 0 Å². The Morgan fingerprint density at radius 2 is 1.80 bits per heavy atom. The van der Waals surface area contributed by atoms with Crippen LogP contribution in [-0.2, 0) is 14.3 Å². The van der Waals surface area contributed by atoms with Crippen molar-refractivity contribution in [2.45, 2.75) is 85.2 Å². The van der Waals surface area contributed by atoms with Crippen LogP contribution in [0, 0.1) is 40.4 Å². The maximum atomic E-state index is 12.1. The van der Waals surface area contributed by atoms with Gasteiger partial charge in [0, 0.05) is 25.2 Å². The SMILES string of the molecule is CC(=O)OC1CCC2C3C(CCC12C)C1(C)CCC(=O)CC1C[C@H]3C. The number of rotatable bonds is 1. The summed E-state index contributed by atoms with van der Waals surface area (Å²) in [5, 5.41) is 0. The van der Waals surface area contributed by atoms with Crippen molar-refractivity contribution in [2.24, 2.45) is 40.4 Å². The van der Waals surface area contributed by atoms with Gasteiger partial charge in [0.2, 0.25) is 0 Å². The summed E-state index contributed by atoms with van der Waals surface area (Å²) in [6.07, 6.45) is 8.72. The summed E-state index contributed by atoms with van der Waals surface area (Å²) in [5.41, 5.74) is 0.515. The molecule has 0 heterocycles. The zero-order valence-corrected chi connectivity index (χ0v) is 16.3. The van der Waals surface area contributed by atoms with E-state index in [-0.39, 0.29) is 17.5 Å². The van der Waals surface area contributed by atoms with E-state index in [9.17, 15) is 9.59 Å². The van der Waals surface area contributed by atoms with Crippen LogP contribution in [0.5, 0.6) is 0 Å². The van der Waals surface area contributed by atoms with Gasteiger partial charge < -0.3 is 4.74 Å². The number of carbonyl (C=O) groups is 2. The second kappa shape index (κ2) is 5.82. The third-order valence-corrected chi connectivity index (χ3v) is 9.06. The third kappa shape index (κ3) is 2.51. The highest BCUT2D eigenvalue weighted by Gasteiger charge is 2.62. The highest BCUT2D eigenvalue weighted by atomic mass is 16.5. The normalized spacial score (nSPS) is 52.1. The minimum Gasteiger partial charge on any atom is -0.462 e. The molecule has 7 unspecified atom stereocenters. The Labute approximate surface area is 152 Å². The number of ether oxygens (including phenoxy) is 1. The lowest BCUT2D eigenvalue weighted by Gasteiger charge is -2.62. The van der Waals surface area contributed by atoms with Crippen LogP contribution in [0.3, 0.4) is 0 Å². The molecule has 4 saturated carbocycles. The molecule has 0 N–H and O–H groups in total. The Balaban J connectivity index is 1.63. The zero-order valence-electron chi connectivity index (χ0n) is 16.3. The molecule has 0 radical (unpaired) electrons. The van der Waals surface area contributed by atoms with Gasteiger partial charge in [-0.15, -0.1) is 0 Å². The van der Waals surface area contributed by atoms with E-state index in [4.69, 9.17) is 4.74 Å². The van der Waals surface area contributed by atoms with Crippen molar-refractivity contribution in [2.75, 3.05) is 0 Å². The molecular formula is C22H34O3. The van der Waals surface area contributed by atoms with Crippen molar-refractivity contribution in [3.8, 4) is 0 Å². The third-order valence-electron chi connectivity index (χ3n) is 9.06. The van der Waals surface area contributed by atoms with Crippen molar-refractivity contribution in [3.05, 3.63) is 0 Å². The fourth-order valence-electron chi connectivity index (χ4n) is 7.77. The first-order valence-corrected chi connectivity index (χ1v) is 10.4. The quantitative estimate of drug-likeness (QED) is 0.642. The lowest BCUT2D eigenvalue weighted by atomic mass is 9.43. The number of hydrogen-bond acceptors (Lipinski definition) is 3. The zero-order chi connectivity index (χ0) is 18.0. The summed E-state index contributed by atoms with van der Waals surface area (Å²) in [5.74, 6) is 3.83. The fraction of sp³-hybridized carbons (Fsp3) is 0.909. The summed E-state index contributed by atoms with van der Waals surface area (Å²) in [6.45, 7) is 8.87. The maximum absolute atomic E-state index is 12.1. The van der Waals surface area contributed by atoms with E-state index in [0.717, 1.165) is 37.5 Å². The molecule has 8 atom stereocenters. The summed E-state index contributed by atoms with van der Waals surface area (Å²) >= 11 is 0. The van der Waals surface area contributed by atoms with Gasteiger partial charge in [-0.25, -0.2) is 0 Å². The van der Waals surface area contributed by atoms with E-state index in [1.807, 2.05) is 0 Å². The highest BCUT2D eigenvalue weighted by molar-refractivity contribution is 5.79. The van der Waals surface area contributed by atoms with E-state index in [2.05, 4.69) is 20.8 Å². The molecule has 4 rings (SSSR count). The van der Waals surface area contributed by atoms with Crippen LogP contribution in [0.25, 0.3) is 0 Å². The van der Waals surface area contributed by atoms with Gasteiger partial charge in [-0.1, -0.05) is 20.8 Å². The first kappa shape index (κ1) is 17.5. The van der Waals surface area contributed by atoms with Crippen molar-refractivity contribution < 1.29 is 14.3 Å². The first-order valence-electron chi connectivity index (χ1n) is 10.4. The van der Waals surface area contributed by atoms with Gasteiger partial charge in [-0.2, -0.15) is 0 Å². The minimum atomic E-state index is -0.122. The standard InChI is InChI=1S/C22H34O3/c1-13-11-15-12-16(24)7-9-21(15,3)18-8-10-22(4)17(20(13)18)5-6-19(22)25-14(2)23/h13,15,17-20H,5-12H2,1-4H3/t13-,15?,17?,18?,19?,20?,21?,22?/m1/s1. The van der Waals surface area contributed by atoms with E-state index in [1.165, 1.54) is 25.7 Å². The highest BCUT2D eigenvalue weighted by Crippen LogP contribution is 2.67. The van der Waals surface area contributed by atoms with Crippen LogP contribution in [0.1, 0.15) is 79.1 Å². The second-order valence-corrected chi connectivity index (χ2v) is 10.2. The Kier molecular flexibility index (Phi) is 4.09. The minimum absolute atomic E-state index is 0.113. The molecule has 4 aliphatic carbocycles. The molecule has 0 aromatic heterocycles. The Morgan fingerprint density at radius 3 is 2.52 bits per heavy atom. The second-order valence-electron chi connectivity index (χ2n) is 10.2. The van der Waals surface area contributed by atoms with Gasteiger partial charge in [0.1, 0.15) is 11.9 Å². The molecular weight excluding hydrogens is 312 g/mol. The molecule has 0 aliphatic heterocycles. The van der Waals surface area contributed by atoms with E-state index < -0.39 is 0 Å². The lowest BCUT2D eigenvalue weighted by Crippen LogP contribution is -2.56. The molecule has 0 amide bonds. The van der Waals surface area contributed by atoms with E-state index in [1.54, 1.807) is 6.92 Å².